The van der Waals surface area contributed by atoms with Crippen LogP contribution in [0.25, 0.3) is 0 Å². The predicted molar refractivity (Wildman–Crippen MR) is 110 cm³/mol. The fourth-order valence-electron chi connectivity index (χ4n) is 4.45. The second-order valence-corrected chi connectivity index (χ2v) is 14.9. The van der Waals surface area contributed by atoms with E-state index in [4.69, 9.17) is 17.7 Å². The maximum absolute atomic E-state index is 13.0. The molecule has 1 saturated carbocycles. The topological polar surface area (TPSA) is 54.0 Å². The highest BCUT2D eigenvalue weighted by Crippen LogP contribution is 2.43. The number of carbonyl (C=O) groups excluding carboxylic acids is 1. The van der Waals surface area contributed by atoms with E-state index in [0.717, 1.165) is 24.9 Å². The first-order valence-electron chi connectivity index (χ1n) is 10.3. The molecule has 0 aromatic heterocycles. The molecule has 1 aliphatic carbocycles. The third-order valence-electron chi connectivity index (χ3n) is 5.89. The molecule has 154 valence electrons. The van der Waals surface area contributed by atoms with E-state index < -0.39 is 17.1 Å². The van der Waals surface area contributed by atoms with E-state index in [2.05, 4.69) is 13.8 Å². The third kappa shape index (κ3) is 6.16. The highest BCUT2D eigenvalue weighted by Gasteiger charge is 2.47. The molecule has 0 spiro atoms. The monoisotopic (exact) mass is 404 g/mol. The van der Waals surface area contributed by atoms with Crippen LogP contribution in [0.2, 0.25) is 23.7 Å². The molecule has 0 saturated heterocycles. The van der Waals surface area contributed by atoms with Crippen LogP contribution < -0.4 is 0 Å². The van der Waals surface area contributed by atoms with Gasteiger partial charge < -0.3 is 17.7 Å². The van der Waals surface area contributed by atoms with E-state index in [9.17, 15) is 4.79 Å². The maximum Gasteiger partial charge on any atom is 0.501 e. The molecule has 1 atom stereocenters. The Bertz CT molecular complexity index is 394. The minimum Gasteiger partial charge on any atom is -0.519 e. The van der Waals surface area contributed by atoms with Crippen molar-refractivity contribution in [3.8, 4) is 0 Å². The summed E-state index contributed by atoms with van der Waals surface area (Å²) in [5.74, 6) is -0.349. The van der Waals surface area contributed by atoms with Crippen molar-refractivity contribution in [2.45, 2.75) is 89.4 Å². The van der Waals surface area contributed by atoms with Crippen LogP contribution in [0.4, 0.5) is 0 Å². The van der Waals surface area contributed by atoms with Gasteiger partial charge in [-0.05, 0) is 30.5 Å². The van der Waals surface area contributed by atoms with Gasteiger partial charge in [-0.3, -0.25) is 4.79 Å². The second-order valence-electron chi connectivity index (χ2n) is 7.72. The van der Waals surface area contributed by atoms with Crippen molar-refractivity contribution >= 4 is 23.1 Å². The molecule has 26 heavy (non-hydrogen) atoms. The van der Waals surface area contributed by atoms with Crippen molar-refractivity contribution < 1.29 is 22.5 Å². The van der Waals surface area contributed by atoms with Crippen molar-refractivity contribution in [3.05, 3.63) is 0 Å². The summed E-state index contributed by atoms with van der Waals surface area (Å²) in [6.07, 6.45) is 8.56. The quantitative estimate of drug-likeness (QED) is 0.421. The highest BCUT2D eigenvalue weighted by atomic mass is 28.4. The van der Waals surface area contributed by atoms with E-state index >= 15 is 0 Å². The zero-order chi connectivity index (χ0) is 19.6. The first-order chi connectivity index (χ1) is 12.4. The van der Waals surface area contributed by atoms with Gasteiger partial charge in [0.1, 0.15) is 0 Å². The van der Waals surface area contributed by atoms with Gasteiger partial charge in [-0.15, -0.1) is 0 Å². The summed E-state index contributed by atoms with van der Waals surface area (Å²) in [4.78, 5) is 13.0. The van der Waals surface area contributed by atoms with Gasteiger partial charge in [-0.1, -0.05) is 52.9 Å². The Morgan fingerprint density at radius 3 is 1.88 bits per heavy atom. The summed E-state index contributed by atoms with van der Waals surface area (Å²) in [7, 11) is -0.0942. The van der Waals surface area contributed by atoms with Gasteiger partial charge in [-0.2, -0.15) is 0 Å². The summed E-state index contributed by atoms with van der Waals surface area (Å²) in [6.45, 7) is 6.35. The molecule has 1 rings (SSSR count). The standard InChI is InChI=1S/C19H40O5Si2/c1-7-14-25(15-8-2,18-12-10-9-11-13-18)24-19(20)17(3)16-26(21-4,22-5)23-6/h17-18H,7-16H2,1-6H3. The number of hydrogen-bond donors (Lipinski definition) is 0. The summed E-state index contributed by atoms with van der Waals surface area (Å²) in [5.41, 5.74) is 0.626. The van der Waals surface area contributed by atoms with Crippen LogP contribution in [0.3, 0.4) is 0 Å². The molecule has 0 aromatic carbocycles. The Kier molecular flexibility index (Phi) is 10.6. The summed E-state index contributed by atoms with van der Waals surface area (Å²) in [5, 5.41) is 0. The molecule has 7 heteroatoms. The van der Waals surface area contributed by atoms with Crippen molar-refractivity contribution in [3.63, 3.8) is 0 Å². The molecular weight excluding hydrogens is 364 g/mol. The number of hydrogen-bond acceptors (Lipinski definition) is 5. The lowest BCUT2D eigenvalue weighted by Gasteiger charge is -2.40. The van der Waals surface area contributed by atoms with Crippen LogP contribution in [0.15, 0.2) is 0 Å². The van der Waals surface area contributed by atoms with Crippen LogP contribution >= 0.6 is 0 Å². The van der Waals surface area contributed by atoms with Crippen LogP contribution in [-0.2, 0) is 22.5 Å². The molecule has 1 aliphatic rings. The van der Waals surface area contributed by atoms with Crippen molar-refractivity contribution in [1.82, 2.24) is 0 Å². The molecule has 0 radical (unpaired) electrons. The Morgan fingerprint density at radius 2 is 1.46 bits per heavy atom. The fraction of sp³-hybridized carbons (Fsp3) is 0.947. The lowest BCUT2D eigenvalue weighted by molar-refractivity contribution is -0.139. The van der Waals surface area contributed by atoms with Crippen LogP contribution in [0.5, 0.6) is 0 Å². The lowest BCUT2D eigenvalue weighted by Crippen LogP contribution is -2.49. The summed E-state index contributed by atoms with van der Waals surface area (Å²) < 4.78 is 22.9. The Labute approximate surface area is 162 Å². The SMILES string of the molecule is CCC[Si](CCC)(OC(=O)C(C)C[Si](OC)(OC)OC)C1CCCCC1. The fourth-order valence-corrected chi connectivity index (χ4v) is 11.6. The van der Waals surface area contributed by atoms with E-state index in [1.807, 2.05) is 6.92 Å². The zero-order valence-electron chi connectivity index (χ0n) is 17.8. The van der Waals surface area contributed by atoms with E-state index in [-0.39, 0.29) is 11.9 Å². The molecule has 0 bridgehead atoms. The van der Waals surface area contributed by atoms with Gasteiger partial charge in [-0.25, -0.2) is 0 Å². The molecule has 1 unspecified atom stereocenters. The van der Waals surface area contributed by atoms with E-state index in [1.54, 1.807) is 21.3 Å². The molecule has 5 nitrogen and oxygen atoms in total. The number of carbonyl (C=O) groups is 1. The average molecular weight is 405 g/mol. The van der Waals surface area contributed by atoms with Crippen molar-refractivity contribution in [2.75, 3.05) is 21.3 Å². The van der Waals surface area contributed by atoms with E-state index in [0.29, 0.717) is 11.6 Å². The minimum absolute atomic E-state index is 0.0767. The molecule has 0 heterocycles. The smallest absolute Gasteiger partial charge is 0.501 e. The molecular formula is C19H40O5Si2. The second kappa shape index (κ2) is 11.6. The summed E-state index contributed by atoms with van der Waals surface area (Å²) >= 11 is 0. The van der Waals surface area contributed by atoms with Crippen molar-refractivity contribution in [1.29, 1.82) is 0 Å². The molecule has 0 N–H and O–H groups in total. The highest BCUT2D eigenvalue weighted by molar-refractivity contribution is 6.76. The molecule has 0 aliphatic heterocycles. The Balaban J connectivity index is 2.92. The van der Waals surface area contributed by atoms with Gasteiger partial charge in [0.25, 0.3) is 14.3 Å². The third-order valence-corrected chi connectivity index (χ3v) is 14.2. The molecule has 1 fully saturated rings. The Hall–Kier alpha value is -0.216. The van der Waals surface area contributed by atoms with Crippen LogP contribution in [0, 0.1) is 5.92 Å². The predicted octanol–water partition coefficient (Wildman–Crippen LogP) is 5.14. The van der Waals surface area contributed by atoms with Crippen molar-refractivity contribution in [2.24, 2.45) is 5.92 Å². The zero-order valence-corrected chi connectivity index (χ0v) is 19.8. The first kappa shape index (κ1) is 23.8. The van der Waals surface area contributed by atoms with Crippen LogP contribution in [-0.4, -0.2) is 44.4 Å². The maximum atomic E-state index is 13.0. The van der Waals surface area contributed by atoms with Gasteiger partial charge in [0.2, 0.25) is 0 Å². The Morgan fingerprint density at radius 1 is 0.962 bits per heavy atom. The molecule has 0 aromatic rings. The number of rotatable bonds is 12. The lowest BCUT2D eigenvalue weighted by atomic mass is 10.0. The molecule has 0 amide bonds. The summed E-state index contributed by atoms with van der Waals surface area (Å²) in [6, 6.07) is 2.64. The largest absolute Gasteiger partial charge is 0.519 e. The average Bonchev–Trinajstić information content (AvgIpc) is 2.67. The minimum atomic E-state index is -2.78. The van der Waals surface area contributed by atoms with Gasteiger partial charge in [0.15, 0.2) is 0 Å². The van der Waals surface area contributed by atoms with E-state index in [1.165, 1.54) is 32.1 Å². The first-order valence-corrected chi connectivity index (χ1v) is 14.6. The van der Waals surface area contributed by atoms with Gasteiger partial charge in [0.05, 0.1) is 5.92 Å². The van der Waals surface area contributed by atoms with Crippen LogP contribution in [0.1, 0.15) is 65.7 Å². The van der Waals surface area contributed by atoms with Gasteiger partial charge in [0, 0.05) is 27.4 Å². The van der Waals surface area contributed by atoms with Gasteiger partial charge >= 0.3 is 8.80 Å². The normalized spacial score (nSPS) is 17.9.